The molecule has 4 nitrogen and oxygen atoms in total. The van der Waals surface area contributed by atoms with Gasteiger partial charge in [-0.15, -0.1) is 0 Å². The monoisotopic (exact) mass is 341 g/mol. The van der Waals surface area contributed by atoms with Crippen LogP contribution in [0.25, 0.3) is 5.65 Å². The molecule has 1 fully saturated rings. The number of nitrogens with zero attached hydrogens (tertiary/aromatic N) is 3. The third kappa shape index (κ3) is 2.99. The van der Waals surface area contributed by atoms with E-state index in [1.54, 1.807) is 30.7 Å². The van der Waals surface area contributed by atoms with E-state index in [9.17, 15) is 13.6 Å². The Balaban J connectivity index is 1.45. The van der Waals surface area contributed by atoms with Crippen LogP contribution in [-0.2, 0) is 0 Å². The van der Waals surface area contributed by atoms with E-state index in [0.29, 0.717) is 18.7 Å². The lowest BCUT2D eigenvalue weighted by Crippen LogP contribution is -2.38. The Bertz CT molecular complexity index is 929. The van der Waals surface area contributed by atoms with Crippen LogP contribution in [0.3, 0.4) is 0 Å². The average Bonchev–Trinajstić information content (AvgIpc) is 3.11. The fourth-order valence-corrected chi connectivity index (χ4v) is 3.41. The molecule has 1 aliphatic rings. The van der Waals surface area contributed by atoms with Gasteiger partial charge in [0.05, 0.1) is 5.56 Å². The number of rotatable bonds is 2. The first-order chi connectivity index (χ1) is 12.1. The maximum atomic E-state index is 13.4. The molecule has 3 aromatic rings. The van der Waals surface area contributed by atoms with Gasteiger partial charge in [-0.25, -0.2) is 13.8 Å². The molecule has 128 valence electrons. The van der Waals surface area contributed by atoms with Crippen molar-refractivity contribution in [3.8, 4) is 0 Å². The number of hydrogen-bond acceptors (Lipinski definition) is 2. The molecule has 4 rings (SSSR count). The molecule has 0 bridgehead atoms. The third-order valence-electron chi connectivity index (χ3n) is 4.83. The van der Waals surface area contributed by atoms with Crippen molar-refractivity contribution in [2.24, 2.45) is 0 Å². The van der Waals surface area contributed by atoms with Gasteiger partial charge >= 0.3 is 0 Å². The van der Waals surface area contributed by atoms with E-state index in [2.05, 4.69) is 4.98 Å². The van der Waals surface area contributed by atoms with E-state index in [1.807, 2.05) is 15.4 Å². The van der Waals surface area contributed by atoms with Crippen LogP contribution in [0.15, 0.2) is 48.9 Å². The minimum absolute atomic E-state index is 0.0145. The van der Waals surface area contributed by atoms with Crippen molar-refractivity contribution < 1.29 is 13.6 Å². The van der Waals surface area contributed by atoms with Crippen molar-refractivity contribution in [1.82, 2.24) is 14.3 Å². The van der Waals surface area contributed by atoms with Crippen molar-refractivity contribution >= 4 is 11.6 Å². The lowest BCUT2D eigenvalue weighted by Gasteiger charge is -2.32. The Morgan fingerprint density at radius 1 is 1.08 bits per heavy atom. The molecule has 0 radical (unpaired) electrons. The molecule has 25 heavy (non-hydrogen) atoms. The number of fused-ring (bicyclic) bond motifs is 1. The first kappa shape index (κ1) is 15.7. The van der Waals surface area contributed by atoms with Crippen LogP contribution in [0.5, 0.6) is 0 Å². The number of amides is 1. The van der Waals surface area contributed by atoms with Crippen LogP contribution in [0.4, 0.5) is 8.78 Å². The van der Waals surface area contributed by atoms with Gasteiger partial charge in [-0.05, 0) is 48.6 Å². The van der Waals surface area contributed by atoms with E-state index >= 15 is 0 Å². The molecule has 0 atom stereocenters. The second-order valence-electron chi connectivity index (χ2n) is 6.35. The summed E-state index contributed by atoms with van der Waals surface area (Å²) in [6.45, 7) is 1.20. The van der Waals surface area contributed by atoms with E-state index in [0.717, 1.165) is 24.1 Å². The first-order valence-electron chi connectivity index (χ1n) is 8.29. The minimum Gasteiger partial charge on any atom is -0.339 e. The average molecular weight is 341 g/mol. The standard InChI is InChI=1S/C19H17F2N3O/c20-16-3-1-14(11-17(16)21)13-5-8-23(9-6-13)19(25)15-2-4-18-22-7-10-24(18)12-15/h1-4,7,10-13H,5-6,8-9H2. The van der Waals surface area contributed by atoms with E-state index in [-0.39, 0.29) is 11.8 Å². The maximum absolute atomic E-state index is 13.4. The highest BCUT2D eigenvalue weighted by atomic mass is 19.2. The fourth-order valence-electron chi connectivity index (χ4n) is 3.41. The van der Waals surface area contributed by atoms with Gasteiger partial charge in [-0.2, -0.15) is 0 Å². The molecule has 0 saturated carbocycles. The molecule has 3 heterocycles. The molecule has 0 N–H and O–H groups in total. The molecule has 0 aliphatic carbocycles. The Labute approximate surface area is 143 Å². The Hall–Kier alpha value is -2.76. The highest BCUT2D eigenvalue weighted by Crippen LogP contribution is 2.29. The predicted octanol–water partition coefficient (Wildman–Crippen LogP) is 3.63. The molecule has 1 saturated heterocycles. The largest absolute Gasteiger partial charge is 0.339 e. The number of pyridine rings is 1. The van der Waals surface area contributed by atoms with Gasteiger partial charge in [0.2, 0.25) is 0 Å². The number of piperidine rings is 1. The molecular weight excluding hydrogens is 324 g/mol. The predicted molar refractivity (Wildman–Crippen MR) is 89.4 cm³/mol. The van der Waals surface area contributed by atoms with Crippen molar-refractivity contribution in [2.75, 3.05) is 13.1 Å². The molecule has 1 aromatic carbocycles. The number of likely N-dealkylation sites (tertiary alicyclic amines) is 1. The first-order valence-corrected chi connectivity index (χ1v) is 8.29. The molecule has 1 amide bonds. The summed E-state index contributed by atoms with van der Waals surface area (Å²) >= 11 is 0. The van der Waals surface area contributed by atoms with E-state index in [1.165, 1.54) is 12.1 Å². The molecule has 0 unspecified atom stereocenters. The summed E-state index contributed by atoms with van der Waals surface area (Å²) in [5.41, 5.74) is 2.22. The molecule has 2 aromatic heterocycles. The van der Waals surface area contributed by atoms with Gasteiger partial charge in [0.25, 0.3) is 5.91 Å². The number of carbonyl (C=O) groups excluding carboxylic acids is 1. The summed E-state index contributed by atoms with van der Waals surface area (Å²) < 4.78 is 28.3. The van der Waals surface area contributed by atoms with Crippen molar-refractivity contribution in [1.29, 1.82) is 0 Å². The van der Waals surface area contributed by atoms with Gasteiger partial charge in [0, 0.05) is 31.7 Å². The summed E-state index contributed by atoms with van der Waals surface area (Å²) in [6.07, 6.45) is 6.76. The summed E-state index contributed by atoms with van der Waals surface area (Å²) in [5, 5.41) is 0. The lowest BCUT2D eigenvalue weighted by molar-refractivity contribution is 0.0712. The van der Waals surface area contributed by atoms with Crippen LogP contribution in [-0.4, -0.2) is 33.3 Å². The van der Waals surface area contributed by atoms with Crippen LogP contribution in [0.1, 0.15) is 34.7 Å². The van der Waals surface area contributed by atoms with E-state index < -0.39 is 11.6 Å². The number of hydrogen-bond donors (Lipinski definition) is 0. The minimum atomic E-state index is -0.828. The number of aromatic nitrogens is 2. The van der Waals surface area contributed by atoms with Gasteiger partial charge < -0.3 is 9.30 Å². The second kappa shape index (κ2) is 6.27. The number of carbonyl (C=O) groups is 1. The molecular formula is C19H17F2N3O. The number of imidazole rings is 1. The Morgan fingerprint density at radius 3 is 2.64 bits per heavy atom. The van der Waals surface area contributed by atoms with E-state index in [4.69, 9.17) is 0 Å². The normalized spacial score (nSPS) is 15.7. The van der Waals surface area contributed by atoms with Crippen molar-refractivity contribution in [3.63, 3.8) is 0 Å². The lowest BCUT2D eigenvalue weighted by atomic mass is 9.89. The molecule has 0 spiro atoms. The quantitative estimate of drug-likeness (QED) is 0.714. The van der Waals surface area contributed by atoms with Crippen LogP contribution in [0.2, 0.25) is 0 Å². The topological polar surface area (TPSA) is 37.6 Å². The SMILES string of the molecule is O=C(c1ccc2nccn2c1)N1CCC(c2ccc(F)c(F)c2)CC1. The Kier molecular flexibility index (Phi) is 3.95. The smallest absolute Gasteiger partial charge is 0.255 e. The highest BCUT2D eigenvalue weighted by Gasteiger charge is 2.25. The van der Waals surface area contributed by atoms with Crippen molar-refractivity contribution in [2.45, 2.75) is 18.8 Å². The summed E-state index contributed by atoms with van der Waals surface area (Å²) in [7, 11) is 0. The zero-order valence-electron chi connectivity index (χ0n) is 13.5. The maximum Gasteiger partial charge on any atom is 0.255 e. The van der Waals surface area contributed by atoms with Crippen LogP contribution in [0, 0.1) is 11.6 Å². The zero-order valence-corrected chi connectivity index (χ0v) is 13.5. The van der Waals surface area contributed by atoms with Crippen LogP contribution >= 0.6 is 0 Å². The molecule has 6 heteroatoms. The van der Waals surface area contributed by atoms with Gasteiger partial charge in [0.15, 0.2) is 11.6 Å². The Morgan fingerprint density at radius 2 is 1.88 bits per heavy atom. The fraction of sp³-hybridized carbons (Fsp3) is 0.263. The summed E-state index contributed by atoms with van der Waals surface area (Å²) in [4.78, 5) is 18.7. The van der Waals surface area contributed by atoms with Gasteiger partial charge in [-0.3, -0.25) is 4.79 Å². The van der Waals surface area contributed by atoms with Gasteiger partial charge in [0.1, 0.15) is 5.65 Å². The van der Waals surface area contributed by atoms with Crippen LogP contribution < -0.4 is 0 Å². The van der Waals surface area contributed by atoms with Gasteiger partial charge in [-0.1, -0.05) is 6.07 Å². The third-order valence-corrected chi connectivity index (χ3v) is 4.83. The second-order valence-corrected chi connectivity index (χ2v) is 6.35. The summed E-state index contributed by atoms with van der Waals surface area (Å²) in [6, 6.07) is 7.67. The zero-order chi connectivity index (χ0) is 17.4. The number of halogens is 2. The summed E-state index contributed by atoms with van der Waals surface area (Å²) in [5.74, 6) is -1.51. The molecule has 1 aliphatic heterocycles. The van der Waals surface area contributed by atoms with Crippen molar-refractivity contribution in [3.05, 3.63) is 71.7 Å². The number of benzene rings is 1. The highest BCUT2D eigenvalue weighted by molar-refractivity contribution is 5.94.